The monoisotopic (exact) mass is 321 g/mol. The number of quaternary nitrogens is 1. The van der Waals surface area contributed by atoms with Gasteiger partial charge >= 0.3 is 0 Å². The topological polar surface area (TPSA) is 0 Å². The average molecular weight is 321 g/mol. The Hall–Kier alpha value is -2.45. The summed E-state index contributed by atoms with van der Waals surface area (Å²) in [6.45, 7) is 3.32. The third-order valence-electron chi connectivity index (χ3n) is 4.44. The molecule has 0 radical (unpaired) electrons. The van der Waals surface area contributed by atoms with Crippen LogP contribution < -0.4 is 9.19 Å². The fourth-order valence-electron chi connectivity index (χ4n) is 3.28. The molecule has 1 nitrogen and oxygen atoms in total. The molecule has 0 aliphatic heterocycles. The van der Waals surface area contributed by atoms with Gasteiger partial charge in [0.15, 0.2) is 0 Å². The normalized spacial score (nSPS) is 10.9. The molecule has 0 spiro atoms. The van der Waals surface area contributed by atoms with Gasteiger partial charge in [-0.15, -0.1) is 0 Å². The summed E-state index contributed by atoms with van der Waals surface area (Å²) in [6, 6.07) is 32.6. The van der Waals surface area contributed by atoms with Crippen molar-refractivity contribution in [2.24, 2.45) is 0 Å². The number of rotatable bonds is 6. The second-order valence-corrected chi connectivity index (χ2v) is 5.89. The lowest BCUT2D eigenvalue weighted by atomic mass is 10.1. The van der Waals surface area contributed by atoms with Crippen LogP contribution in [0, 0.1) is 0 Å². The maximum Gasteiger partial charge on any atom is 0.143 e. The Morgan fingerprint density at radius 3 is 1.21 bits per heavy atom. The molecule has 0 amide bonds. The molecule has 3 aromatic rings. The summed E-state index contributed by atoms with van der Waals surface area (Å²) in [5.74, 6) is 0. The summed E-state index contributed by atoms with van der Waals surface area (Å²) in [5.41, 5.74) is 3.95. The number of hydrogen-bond donors (Lipinski definition) is 0. The number of hydrogen-bond acceptors (Lipinski definition) is 0. The first-order valence-corrected chi connectivity index (χ1v) is 8.43. The van der Waals surface area contributed by atoms with Gasteiger partial charge in [-0.2, -0.15) is 0 Å². The Morgan fingerprint density at radius 1 is 0.583 bits per heavy atom. The van der Waals surface area contributed by atoms with E-state index in [0.29, 0.717) is 0 Å². The number of unbranched alkanes of at least 4 members (excludes halogenated alkanes) is 1. The minimum Gasteiger partial charge on any atom is -1.00 e. The summed E-state index contributed by atoms with van der Waals surface area (Å²) < 4.78 is 0.774. The van der Waals surface area contributed by atoms with E-state index in [9.17, 15) is 0 Å². The van der Waals surface area contributed by atoms with Crippen LogP contribution in [0.1, 0.15) is 19.8 Å². The van der Waals surface area contributed by atoms with E-state index in [-0.39, 0.29) is 4.70 Å². The molecule has 0 heterocycles. The van der Waals surface area contributed by atoms with Crippen LogP contribution in [-0.4, -0.2) is 6.54 Å². The van der Waals surface area contributed by atoms with Crippen molar-refractivity contribution < 1.29 is 4.70 Å². The molecular weight excluding hydrogens is 297 g/mol. The summed E-state index contributed by atoms with van der Waals surface area (Å²) in [5, 5.41) is 0. The van der Waals surface area contributed by atoms with Gasteiger partial charge in [0, 0.05) is 0 Å². The predicted octanol–water partition coefficient (Wildman–Crippen LogP) is 3.46. The van der Waals surface area contributed by atoms with Gasteiger partial charge in [-0.25, -0.2) is 4.48 Å². The zero-order valence-electron chi connectivity index (χ0n) is 14.1. The van der Waals surface area contributed by atoms with Crippen LogP contribution >= 0.6 is 0 Å². The molecule has 124 valence electrons. The van der Waals surface area contributed by atoms with Gasteiger partial charge in [0.1, 0.15) is 17.1 Å². The van der Waals surface area contributed by atoms with Crippen LogP contribution in [0.25, 0.3) is 0 Å². The molecule has 0 saturated heterocycles. The van der Waals surface area contributed by atoms with Crippen molar-refractivity contribution in [2.45, 2.75) is 19.8 Å². The van der Waals surface area contributed by atoms with Gasteiger partial charge in [-0.1, -0.05) is 67.9 Å². The lowest BCUT2D eigenvalue weighted by Gasteiger charge is -2.37. The summed E-state index contributed by atoms with van der Waals surface area (Å²) >= 11 is 0. The lowest BCUT2D eigenvalue weighted by molar-refractivity contribution is -0.00000459. The van der Waals surface area contributed by atoms with E-state index in [4.69, 9.17) is 0 Å². The average Bonchev–Trinajstić information content (AvgIpc) is 2.65. The summed E-state index contributed by atoms with van der Waals surface area (Å²) in [7, 11) is 0. The summed E-state index contributed by atoms with van der Waals surface area (Å²) in [4.78, 5) is 0. The second kappa shape index (κ2) is 8.42. The Kier molecular flexibility index (Phi) is 6.28. The highest BCUT2D eigenvalue weighted by Crippen LogP contribution is 2.43. The van der Waals surface area contributed by atoms with Crippen molar-refractivity contribution in [1.29, 1.82) is 0 Å². The first-order valence-electron chi connectivity index (χ1n) is 8.43. The first-order chi connectivity index (χ1) is 11.4. The molecular formula is C22H24FN. The molecule has 0 bridgehead atoms. The molecule has 0 atom stereocenters. The van der Waals surface area contributed by atoms with E-state index in [0.717, 1.165) is 11.0 Å². The van der Waals surface area contributed by atoms with Gasteiger partial charge in [0.2, 0.25) is 0 Å². The Balaban J connectivity index is 0.00000208. The van der Waals surface area contributed by atoms with E-state index in [1.54, 1.807) is 0 Å². The molecule has 24 heavy (non-hydrogen) atoms. The van der Waals surface area contributed by atoms with Gasteiger partial charge in [-0.05, 0) is 42.8 Å². The molecule has 0 N–H and O–H groups in total. The van der Waals surface area contributed by atoms with Crippen molar-refractivity contribution in [3.05, 3.63) is 91.0 Å². The molecule has 3 rings (SSSR count). The van der Waals surface area contributed by atoms with Crippen molar-refractivity contribution in [1.82, 2.24) is 4.48 Å². The van der Waals surface area contributed by atoms with Crippen LogP contribution in [0.5, 0.6) is 0 Å². The SMILES string of the molecule is CCCC[N+](c1ccccc1)(c1ccccc1)c1ccccc1.[F-]. The van der Waals surface area contributed by atoms with Crippen LogP contribution in [0.3, 0.4) is 0 Å². The third-order valence-corrected chi connectivity index (χ3v) is 4.44. The molecule has 0 aromatic heterocycles. The standard InChI is InChI=1S/C22H24N.FH/c1-2-3-19-23(20-13-7-4-8-14-20,21-15-9-5-10-16-21)22-17-11-6-12-18-22;/h4-18H,2-3,19H2,1H3;1H/q+1;/p-1. The van der Waals surface area contributed by atoms with E-state index < -0.39 is 0 Å². The largest absolute Gasteiger partial charge is 1.00 e. The van der Waals surface area contributed by atoms with Crippen molar-refractivity contribution in [3.8, 4) is 0 Å². The molecule has 0 aliphatic carbocycles. The molecule has 0 saturated carbocycles. The summed E-state index contributed by atoms with van der Waals surface area (Å²) in [6.07, 6.45) is 2.37. The smallest absolute Gasteiger partial charge is 0.143 e. The number of nitrogens with zero attached hydrogens (tertiary/aromatic N) is 1. The number of benzene rings is 3. The molecule has 0 fully saturated rings. The quantitative estimate of drug-likeness (QED) is 0.610. The number of para-hydroxylation sites is 3. The molecule has 0 aliphatic rings. The van der Waals surface area contributed by atoms with Crippen molar-refractivity contribution in [2.75, 3.05) is 6.54 Å². The Bertz CT molecular complexity index is 614. The fraction of sp³-hybridized carbons (Fsp3) is 0.182. The minimum atomic E-state index is 0. The van der Waals surface area contributed by atoms with Gasteiger partial charge in [0.05, 0.1) is 6.54 Å². The van der Waals surface area contributed by atoms with Crippen LogP contribution in [0.4, 0.5) is 17.1 Å². The van der Waals surface area contributed by atoms with Crippen LogP contribution in [-0.2, 0) is 0 Å². The zero-order valence-corrected chi connectivity index (χ0v) is 14.1. The molecule has 0 unspecified atom stereocenters. The van der Waals surface area contributed by atoms with Crippen molar-refractivity contribution in [3.63, 3.8) is 0 Å². The predicted molar refractivity (Wildman–Crippen MR) is 100 cm³/mol. The zero-order chi connectivity index (χ0) is 16.0. The van der Waals surface area contributed by atoms with E-state index in [1.165, 1.54) is 29.9 Å². The maximum atomic E-state index is 2.26. The van der Waals surface area contributed by atoms with Crippen LogP contribution in [0.2, 0.25) is 0 Å². The molecule has 2 heteroatoms. The maximum absolute atomic E-state index is 2.26. The van der Waals surface area contributed by atoms with E-state index in [1.807, 2.05) is 0 Å². The Labute approximate surface area is 144 Å². The van der Waals surface area contributed by atoms with Gasteiger partial charge in [0.25, 0.3) is 0 Å². The van der Waals surface area contributed by atoms with E-state index >= 15 is 0 Å². The first kappa shape index (κ1) is 17.9. The van der Waals surface area contributed by atoms with Gasteiger partial charge < -0.3 is 4.70 Å². The van der Waals surface area contributed by atoms with Crippen molar-refractivity contribution >= 4 is 17.1 Å². The highest BCUT2D eigenvalue weighted by Gasteiger charge is 2.35. The highest BCUT2D eigenvalue weighted by atomic mass is 19.0. The van der Waals surface area contributed by atoms with Crippen LogP contribution in [0.15, 0.2) is 91.0 Å². The van der Waals surface area contributed by atoms with Gasteiger partial charge in [-0.3, -0.25) is 0 Å². The second-order valence-electron chi connectivity index (χ2n) is 5.89. The Morgan fingerprint density at radius 2 is 0.917 bits per heavy atom. The fourth-order valence-corrected chi connectivity index (χ4v) is 3.28. The highest BCUT2D eigenvalue weighted by molar-refractivity contribution is 5.70. The third kappa shape index (κ3) is 3.39. The minimum absolute atomic E-state index is 0. The van der Waals surface area contributed by atoms with E-state index in [2.05, 4.69) is 97.9 Å². The number of halogens is 1. The molecule has 3 aromatic carbocycles. The lowest BCUT2D eigenvalue weighted by Crippen LogP contribution is -3.00.